The lowest BCUT2D eigenvalue weighted by Crippen LogP contribution is -2.12. The topological polar surface area (TPSA) is 73.2 Å². The van der Waals surface area contributed by atoms with Crippen LogP contribution in [0.1, 0.15) is 38.2 Å². The molecule has 3 aromatic rings. The fourth-order valence-corrected chi connectivity index (χ4v) is 3.55. The van der Waals surface area contributed by atoms with Crippen LogP contribution in [0, 0.1) is 13.8 Å². The summed E-state index contributed by atoms with van der Waals surface area (Å²) in [4.78, 5) is 25.0. The minimum absolute atomic E-state index is 0.263. The summed E-state index contributed by atoms with van der Waals surface area (Å²) < 4.78 is 6.75. The van der Waals surface area contributed by atoms with Crippen molar-refractivity contribution in [3.8, 4) is 5.69 Å². The number of anilines is 1. The molecule has 0 fully saturated rings. The maximum absolute atomic E-state index is 12.6. The average molecular weight is 369 g/mol. The summed E-state index contributed by atoms with van der Waals surface area (Å²) in [5, 5.41) is 7.75. The summed E-state index contributed by atoms with van der Waals surface area (Å²) in [5.74, 6) is -0.634. The van der Waals surface area contributed by atoms with E-state index in [-0.39, 0.29) is 11.9 Å². The normalized spacial score (nSPS) is 10.6. The van der Waals surface area contributed by atoms with Crippen LogP contribution in [0.5, 0.6) is 0 Å². The van der Waals surface area contributed by atoms with Gasteiger partial charge in [-0.3, -0.25) is 4.79 Å². The number of ether oxygens (including phenoxy) is 1. The van der Waals surface area contributed by atoms with Gasteiger partial charge in [-0.05, 0) is 44.5 Å². The van der Waals surface area contributed by atoms with E-state index in [2.05, 4.69) is 10.4 Å². The van der Waals surface area contributed by atoms with Crippen molar-refractivity contribution < 1.29 is 14.3 Å². The highest BCUT2D eigenvalue weighted by molar-refractivity contribution is 7.18. The molecule has 2 heterocycles. The molecule has 0 unspecified atom stereocenters. The van der Waals surface area contributed by atoms with Gasteiger partial charge >= 0.3 is 5.97 Å². The fourth-order valence-electron chi connectivity index (χ4n) is 2.58. The molecule has 0 aliphatic rings. The Balaban J connectivity index is 1.80. The molecule has 3 rings (SSSR count). The van der Waals surface area contributed by atoms with Crippen LogP contribution in [0.25, 0.3) is 5.69 Å². The Morgan fingerprint density at radius 1 is 1.23 bits per heavy atom. The van der Waals surface area contributed by atoms with E-state index < -0.39 is 0 Å². The first-order valence-corrected chi connectivity index (χ1v) is 9.02. The second-order valence-corrected chi connectivity index (χ2v) is 6.74. The van der Waals surface area contributed by atoms with Crippen LogP contribution in [-0.2, 0) is 4.74 Å². The maximum Gasteiger partial charge on any atom is 0.348 e. The molecule has 6 nitrogen and oxygen atoms in total. The molecule has 1 aromatic carbocycles. The van der Waals surface area contributed by atoms with Crippen molar-refractivity contribution in [3.05, 3.63) is 64.3 Å². The molecule has 0 spiro atoms. The zero-order chi connectivity index (χ0) is 18.7. The van der Waals surface area contributed by atoms with E-state index in [0.29, 0.717) is 22.0 Å². The number of benzene rings is 1. The third-order valence-corrected chi connectivity index (χ3v) is 5.00. The van der Waals surface area contributed by atoms with Crippen molar-refractivity contribution >= 4 is 28.2 Å². The SMILES string of the molecule is CCOC(=O)c1sc(NC(=O)c2cnn(-c3ccccc3)c2C)cc1C. The van der Waals surface area contributed by atoms with E-state index in [1.807, 2.05) is 44.2 Å². The molecule has 1 amide bonds. The number of rotatable bonds is 5. The number of carbonyl (C=O) groups is 2. The first kappa shape index (κ1) is 17.9. The molecule has 0 saturated heterocycles. The number of hydrogen-bond donors (Lipinski definition) is 1. The van der Waals surface area contributed by atoms with Crippen LogP contribution in [-0.4, -0.2) is 28.3 Å². The predicted octanol–water partition coefficient (Wildman–Crippen LogP) is 3.98. The molecule has 7 heteroatoms. The van der Waals surface area contributed by atoms with Gasteiger partial charge in [0.1, 0.15) is 4.88 Å². The van der Waals surface area contributed by atoms with Crippen LogP contribution in [0.15, 0.2) is 42.6 Å². The summed E-state index contributed by atoms with van der Waals surface area (Å²) in [7, 11) is 0. The van der Waals surface area contributed by atoms with Gasteiger partial charge in [-0.25, -0.2) is 9.48 Å². The van der Waals surface area contributed by atoms with Crippen molar-refractivity contribution in [2.45, 2.75) is 20.8 Å². The molecule has 0 radical (unpaired) electrons. The number of aromatic nitrogens is 2. The molecule has 0 aliphatic carbocycles. The Morgan fingerprint density at radius 3 is 2.65 bits per heavy atom. The third kappa shape index (κ3) is 3.52. The van der Waals surface area contributed by atoms with Gasteiger partial charge in [0, 0.05) is 0 Å². The van der Waals surface area contributed by atoms with Gasteiger partial charge in [0.25, 0.3) is 5.91 Å². The largest absolute Gasteiger partial charge is 0.462 e. The Hall–Kier alpha value is -2.93. The third-order valence-electron chi connectivity index (χ3n) is 3.87. The van der Waals surface area contributed by atoms with Crippen molar-refractivity contribution in [2.75, 3.05) is 11.9 Å². The van der Waals surface area contributed by atoms with E-state index in [1.165, 1.54) is 11.3 Å². The van der Waals surface area contributed by atoms with Gasteiger partial charge in [0.05, 0.1) is 34.7 Å². The van der Waals surface area contributed by atoms with Crippen LogP contribution >= 0.6 is 11.3 Å². The van der Waals surface area contributed by atoms with E-state index >= 15 is 0 Å². The molecule has 0 aliphatic heterocycles. The monoisotopic (exact) mass is 369 g/mol. The van der Waals surface area contributed by atoms with Crippen molar-refractivity contribution in [2.24, 2.45) is 0 Å². The fraction of sp³-hybridized carbons (Fsp3) is 0.211. The van der Waals surface area contributed by atoms with Crippen molar-refractivity contribution in [1.29, 1.82) is 0 Å². The second kappa shape index (κ2) is 7.53. The minimum atomic E-state index is -0.372. The quantitative estimate of drug-likeness (QED) is 0.691. The van der Waals surface area contributed by atoms with Crippen molar-refractivity contribution in [3.63, 3.8) is 0 Å². The van der Waals surface area contributed by atoms with E-state index in [9.17, 15) is 9.59 Å². The maximum atomic E-state index is 12.6. The molecule has 134 valence electrons. The number of para-hydroxylation sites is 1. The molecule has 2 aromatic heterocycles. The zero-order valence-electron chi connectivity index (χ0n) is 14.8. The van der Waals surface area contributed by atoms with Gasteiger partial charge in [0.15, 0.2) is 0 Å². The molecule has 0 saturated carbocycles. The first-order chi connectivity index (χ1) is 12.5. The molecular formula is C19H19N3O3S. The zero-order valence-corrected chi connectivity index (χ0v) is 15.6. The Labute approximate surface area is 155 Å². The van der Waals surface area contributed by atoms with Gasteiger partial charge in [-0.2, -0.15) is 5.10 Å². The Kier molecular flexibility index (Phi) is 5.18. The Bertz CT molecular complexity index is 944. The molecule has 0 atom stereocenters. The van der Waals surface area contributed by atoms with Crippen LogP contribution < -0.4 is 5.32 Å². The minimum Gasteiger partial charge on any atom is -0.462 e. The highest BCUT2D eigenvalue weighted by atomic mass is 32.1. The number of thiophene rings is 1. The predicted molar refractivity (Wildman–Crippen MR) is 101 cm³/mol. The lowest BCUT2D eigenvalue weighted by Gasteiger charge is -2.05. The number of nitrogens with zero attached hydrogens (tertiary/aromatic N) is 2. The Morgan fingerprint density at radius 2 is 1.96 bits per heavy atom. The number of carbonyl (C=O) groups excluding carboxylic acids is 2. The van der Waals surface area contributed by atoms with Crippen LogP contribution in [0.3, 0.4) is 0 Å². The average Bonchev–Trinajstić information content (AvgIpc) is 3.18. The van der Waals surface area contributed by atoms with Crippen LogP contribution in [0.4, 0.5) is 5.00 Å². The number of nitrogens with one attached hydrogen (secondary N) is 1. The van der Waals surface area contributed by atoms with Gasteiger partial charge in [-0.1, -0.05) is 18.2 Å². The van der Waals surface area contributed by atoms with Crippen LogP contribution in [0.2, 0.25) is 0 Å². The van der Waals surface area contributed by atoms with Crippen molar-refractivity contribution in [1.82, 2.24) is 9.78 Å². The lowest BCUT2D eigenvalue weighted by molar-refractivity contribution is 0.0531. The molecular weight excluding hydrogens is 350 g/mol. The molecule has 1 N–H and O–H groups in total. The van der Waals surface area contributed by atoms with Gasteiger partial charge < -0.3 is 10.1 Å². The molecule has 26 heavy (non-hydrogen) atoms. The van der Waals surface area contributed by atoms with E-state index in [4.69, 9.17) is 4.74 Å². The van der Waals surface area contributed by atoms with Gasteiger partial charge in [0.2, 0.25) is 0 Å². The standard InChI is InChI=1S/C19H19N3O3S/c1-4-25-19(24)17-12(2)10-16(26-17)21-18(23)15-11-20-22(13(15)3)14-8-6-5-7-9-14/h5-11H,4H2,1-3H3,(H,21,23). The van der Waals surface area contributed by atoms with E-state index in [0.717, 1.165) is 16.9 Å². The number of aryl methyl sites for hydroxylation is 1. The first-order valence-electron chi connectivity index (χ1n) is 8.20. The smallest absolute Gasteiger partial charge is 0.348 e. The number of amides is 1. The highest BCUT2D eigenvalue weighted by Gasteiger charge is 2.19. The summed E-state index contributed by atoms with van der Waals surface area (Å²) in [5.41, 5.74) is 2.89. The summed E-state index contributed by atoms with van der Waals surface area (Å²) in [6.45, 7) is 5.74. The van der Waals surface area contributed by atoms with E-state index in [1.54, 1.807) is 23.9 Å². The summed E-state index contributed by atoms with van der Waals surface area (Å²) in [6.07, 6.45) is 1.55. The summed E-state index contributed by atoms with van der Waals surface area (Å²) >= 11 is 1.21. The lowest BCUT2D eigenvalue weighted by atomic mass is 10.2. The number of esters is 1. The highest BCUT2D eigenvalue weighted by Crippen LogP contribution is 2.28. The van der Waals surface area contributed by atoms with Gasteiger partial charge in [-0.15, -0.1) is 11.3 Å². The molecule has 0 bridgehead atoms. The summed E-state index contributed by atoms with van der Waals surface area (Å²) in [6, 6.07) is 11.4. The number of hydrogen-bond acceptors (Lipinski definition) is 5. The second-order valence-electron chi connectivity index (χ2n) is 5.69.